The molecule has 0 radical (unpaired) electrons. The van der Waals surface area contributed by atoms with Crippen molar-refractivity contribution in [1.29, 1.82) is 0 Å². The van der Waals surface area contributed by atoms with E-state index in [0.29, 0.717) is 23.6 Å². The van der Waals surface area contributed by atoms with Crippen LogP contribution in [-0.4, -0.2) is 25.1 Å². The zero-order chi connectivity index (χ0) is 23.4. The maximum Gasteiger partial charge on any atom is 0.286 e. The molecule has 0 aliphatic carbocycles. The van der Waals surface area contributed by atoms with Crippen molar-refractivity contribution < 1.29 is 23.1 Å². The quantitative estimate of drug-likeness (QED) is 0.384. The van der Waals surface area contributed by atoms with Crippen molar-refractivity contribution >= 4 is 49.9 Å². The summed E-state index contributed by atoms with van der Waals surface area (Å²) in [6.07, 6.45) is -0.873. The molecule has 9 heteroatoms. The number of fused-ring (bicyclic) bond motifs is 1. The number of halogens is 1. The molecule has 1 atom stereocenters. The fraction of sp³-hybridized carbons (Fsp3) is 0.167. The third kappa shape index (κ3) is 5.79. The SMILES string of the molecule is O=C(CCC(O)c1cccc(OCc2ccccc2)c1)C1=NS(=O)(=O)c2cc(I)ccc2N1. The number of ketones is 1. The topological polar surface area (TPSA) is 105 Å². The van der Waals surface area contributed by atoms with Crippen LogP contribution in [0.15, 0.2) is 82.1 Å². The van der Waals surface area contributed by atoms with Crippen LogP contribution >= 0.6 is 22.6 Å². The lowest BCUT2D eigenvalue weighted by Gasteiger charge is -2.18. The average Bonchev–Trinajstić information content (AvgIpc) is 2.82. The van der Waals surface area contributed by atoms with Gasteiger partial charge in [0, 0.05) is 9.99 Å². The van der Waals surface area contributed by atoms with Crippen LogP contribution in [0.5, 0.6) is 5.75 Å². The predicted molar refractivity (Wildman–Crippen MR) is 134 cm³/mol. The van der Waals surface area contributed by atoms with Gasteiger partial charge in [0.2, 0.25) is 0 Å². The maximum absolute atomic E-state index is 12.6. The molecule has 4 rings (SSSR count). The Labute approximate surface area is 205 Å². The number of anilines is 1. The lowest BCUT2D eigenvalue weighted by molar-refractivity contribution is -0.113. The first-order chi connectivity index (χ1) is 15.8. The molecule has 33 heavy (non-hydrogen) atoms. The Balaban J connectivity index is 1.38. The molecule has 3 aromatic carbocycles. The molecule has 0 saturated heterocycles. The van der Waals surface area contributed by atoms with Crippen molar-refractivity contribution in [3.05, 3.63) is 87.5 Å². The normalized spacial score (nSPS) is 15.0. The molecule has 0 amide bonds. The zero-order valence-electron chi connectivity index (χ0n) is 17.4. The van der Waals surface area contributed by atoms with Gasteiger partial charge in [0.15, 0.2) is 11.6 Å². The fourth-order valence-corrected chi connectivity index (χ4v) is 5.22. The van der Waals surface area contributed by atoms with Crippen LogP contribution in [0.2, 0.25) is 0 Å². The molecule has 170 valence electrons. The van der Waals surface area contributed by atoms with E-state index in [9.17, 15) is 18.3 Å². The molecule has 7 nitrogen and oxygen atoms in total. The Morgan fingerprint density at radius 3 is 2.64 bits per heavy atom. The first-order valence-corrected chi connectivity index (χ1v) is 12.7. The maximum atomic E-state index is 12.6. The van der Waals surface area contributed by atoms with Gasteiger partial charge in [0.05, 0.1) is 11.8 Å². The Morgan fingerprint density at radius 1 is 1.06 bits per heavy atom. The second-order valence-corrected chi connectivity index (χ2v) is 10.3. The summed E-state index contributed by atoms with van der Waals surface area (Å²) in [7, 11) is -3.96. The van der Waals surface area contributed by atoms with E-state index in [1.54, 1.807) is 36.4 Å². The minimum absolute atomic E-state index is 0.0401. The summed E-state index contributed by atoms with van der Waals surface area (Å²) in [4.78, 5) is 12.7. The molecule has 0 bridgehead atoms. The highest BCUT2D eigenvalue weighted by Gasteiger charge is 2.28. The number of benzene rings is 3. The van der Waals surface area contributed by atoms with E-state index in [1.807, 2.05) is 52.9 Å². The van der Waals surface area contributed by atoms with Crippen LogP contribution in [0.1, 0.15) is 30.1 Å². The lowest BCUT2D eigenvalue weighted by Crippen LogP contribution is -2.29. The second kappa shape index (κ2) is 10.0. The van der Waals surface area contributed by atoms with Crippen molar-refractivity contribution in [3.8, 4) is 5.75 Å². The van der Waals surface area contributed by atoms with Crippen LogP contribution < -0.4 is 10.1 Å². The summed E-state index contributed by atoms with van der Waals surface area (Å²) in [6, 6.07) is 21.6. The van der Waals surface area contributed by atoms with Gasteiger partial charge in [-0.25, -0.2) is 0 Å². The summed E-state index contributed by atoms with van der Waals surface area (Å²) in [5, 5.41) is 13.4. The van der Waals surface area contributed by atoms with Crippen LogP contribution in [0.25, 0.3) is 0 Å². The van der Waals surface area contributed by atoms with Crippen LogP contribution in [-0.2, 0) is 21.4 Å². The first-order valence-electron chi connectivity index (χ1n) is 10.2. The Morgan fingerprint density at radius 2 is 1.85 bits per heavy atom. The summed E-state index contributed by atoms with van der Waals surface area (Å²) in [5.41, 5.74) is 1.96. The van der Waals surface area contributed by atoms with E-state index in [-0.39, 0.29) is 23.6 Å². The molecule has 3 aromatic rings. The molecule has 1 aliphatic heterocycles. The van der Waals surface area contributed by atoms with Gasteiger partial charge in [-0.15, -0.1) is 4.40 Å². The summed E-state index contributed by atoms with van der Waals surface area (Å²) in [6.45, 7) is 0.402. The zero-order valence-corrected chi connectivity index (χ0v) is 20.4. The minimum atomic E-state index is -3.96. The molecule has 0 aromatic heterocycles. The standard InChI is InChI=1S/C24H21IN2O5S/c25-18-9-10-20-23(14-18)33(30,31)27-24(26-20)22(29)12-11-21(28)17-7-4-8-19(13-17)32-15-16-5-2-1-3-6-16/h1-10,13-14,21,28H,11-12,15H2,(H,26,27). The number of aliphatic hydroxyl groups excluding tert-OH is 1. The minimum Gasteiger partial charge on any atom is -0.489 e. The van der Waals surface area contributed by atoms with Crippen molar-refractivity contribution in [2.24, 2.45) is 4.40 Å². The number of rotatable bonds is 8. The summed E-state index contributed by atoms with van der Waals surface area (Å²) >= 11 is 2.01. The highest BCUT2D eigenvalue weighted by Crippen LogP contribution is 2.29. The Bertz CT molecular complexity index is 1310. The van der Waals surface area contributed by atoms with Crippen molar-refractivity contribution in [2.75, 3.05) is 5.32 Å². The molecule has 1 unspecified atom stereocenters. The number of hydrogen-bond acceptors (Lipinski definition) is 6. The number of hydrogen-bond donors (Lipinski definition) is 2. The predicted octanol–water partition coefficient (Wildman–Crippen LogP) is 4.47. The van der Waals surface area contributed by atoms with Crippen molar-refractivity contribution in [1.82, 2.24) is 0 Å². The van der Waals surface area contributed by atoms with Crippen LogP contribution in [0.4, 0.5) is 5.69 Å². The molecule has 0 fully saturated rings. The van der Waals surface area contributed by atoms with Gasteiger partial charge in [-0.2, -0.15) is 8.42 Å². The highest BCUT2D eigenvalue weighted by atomic mass is 127. The number of aliphatic hydroxyl groups is 1. The monoisotopic (exact) mass is 576 g/mol. The number of carbonyl (C=O) groups excluding carboxylic acids is 1. The number of sulfonamides is 1. The lowest BCUT2D eigenvalue weighted by atomic mass is 10.0. The molecule has 1 heterocycles. The molecule has 0 saturated carbocycles. The van der Waals surface area contributed by atoms with Gasteiger partial charge in [0.25, 0.3) is 10.0 Å². The van der Waals surface area contributed by atoms with E-state index in [4.69, 9.17) is 4.74 Å². The second-order valence-electron chi connectivity index (χ2n) is 7.50. The van der Waals surface area contributed by atoms with Crippen LogP contribution in [0, 0.1) is 3.57 Å². The van der Waals surface area contributed by atoms with Crippen molar-refractivity contribution in [3.63, 3.8) is 0 Å². The number of Topliss-reactive ketones (excluding diaryl/α,β-unsaturated/α-hetero) is 1. The van der Waals surface area contributed by atoms with Crippen LogP contribution in [0.3, 0.4) is 0 Å². The summed E-state index contributed by atoms with van der Waals surface area (Å²) < 4.78 is 35.1. The largest absolute Gasteiger partial charge is 0.489 e. The van der Waals surface area contributed by atoms with E-state index in [2.05, 4.69) is 9.71 Å². The van der Waals surface area contributed by atoms with Gasteiger partial charge < -0.3 is 15.2 Å². The molecule has 0 spiro atoms. The molecule has 2 N–H and O–H groups in total. The van der Waals surface area contributed by atoms with E-state index in [1.165, 1.54) is 6.07 Å². The highest BCUT2D eigenvalue weighted by molar-refractivity contribution is 14.1. The smallest absolute Gasteiger partial charge is 0.286 e. The number of nitrogens with one attached hydrogen (secondary N) is 1. The molecular formula is C24H21IN2O5S. The molecule has 1 aliphatic rings. The first kappa shape index (κ1) is 23.4. The van der Waals surface area contributed by atoms with Gasteiger partial charge >= 0.3 is 0 Å². The molecular weight excluding hydrogens is 555 g/mol. The fourth-order valence-electron chi connectivity index (χ4n) is 3.36. The third-order valence-corrected chi connectivity index (χ3v) is 7.07. The summed E-state index contributed by atoms with van der Waals surface area (Å²) in [5.74, 6) is -0.119. The number of nitrogens with zero attached hydrogens (tertiary/aromatic N) is 1. The number of ether oxygens (including phenoxy) is 1. The average molecular weight is 576 g/mol. The van der Waals surface area contributed by atoms with Gasteiger partial charge in [-0.1, -0.05) is 42.5 Å². The van der Waals surface area contributed by atoms with Gasteiger partial charge in [-0.05, 0) is 70.5 Å². The van der Waals surface area contributed by atoms with E-state index < -0.39 is 21.9 Å². The Hall–Kier alpha value is -2.76. The van der Waals surface area contributed by atoms with E-state index >= 15 is 0 Å². The number of carbonyl (C=O) groups is 1. The van der Waals surface area contributed by atoms with Gasteiger partial charge in [-0.3, -0.25) is 4.79 Å². The van der Waals surface area contributed by atoms with Crippen molar-refractivity contribution in [2.45, 2.75) is 30.4 Å². The number of amidine groups is 1. The van der Waals surface area contributed by atoms with E-state index in [0.717, 1.165) is 9.13 Å². The Kier molecular flexibility index (Phi) is 7.11. The van der Waals surface area contributed by atoms with Gasteiger partial charge in [0.1, 0.15) is 17.3 Å². The third-order valence-electron chi connectivity index (χ3n) is 5.09.